The van der Waals surface area contributed by atoms with Crippen LogP contribution < -0.4 is 11.1 Å². The molecule has 1 rings (SSSR count). The molecule has 1 amide bonds. The second-order valence-electron chi connectivity index (χ2n) is 4.62. The van der Waals surface area contributed by atoms with Crippen molar-refractivity contribution in [3.05, 3.63) is 35.4 Å². The Bertz CT molecular complexity index is 376. The van der Waals surface area contributed by atoms with Gasteiger partial charge in [-0.3, -0.25) is 4.79 Å². The Morgan fingerprint density at radius 1 is 1.39 bits per heavy atom. The second kappa shape index (κ2) is 7.13. The summed E-state index contributed by atoms with van der Waals surface area (Å²) in [7, 11) is 1.53. The van der Waals surface area contributed by atoms with Crippen LogP contribution in [0.4, 0.5) is 0 Å². The van der Waals surface area contributed by atoms with Crippen LogP contribution in [-0.2, 0) is 9.53 Å². The van der Waals surface area contributed by atoms with Gasteiger partial charge < -0.3 is 15.8 Å². The molecule has 0 saturated carbocycles. The summed E-state index contributed by atoms with van der Waals surface area (Å²) in [6.45, 7) is 4.96. The monoisotopic (exact) mass is 250 g/mol. The Morgan fingerprint density at radius 2 is 2.00 bits per heavy atom. The molecule has 0 spiro atoms. The van der Waals surface area contributed by atoms with Gasteiger partial charge in [-0.05, 0) is 18.4 Å². The normalized spacial score (nSPS) is 14.0. The standard InChI is InChI=1S/C14H22N2O2/c1-10-4-6-12(7-5-10)11(2)8-16-14(17)13(15)9-18-3/h4-7,11,13H,8-9,15H2,1-3H3,(H,16,17). The van der Waals surface area contributed by atoms with Crippen molar-refractivity contribution in [3.8, 4) is 0 Å². The van der Waals surface area contributed by atoms with Gasteiger partial charge in [0.2, 0.25) is 5.91 Å². The molecule has 0 radical (unpaired) electrons. The number of carbonyl (C=O) groups excluding carboxylic acids is 1. The molecule has 100 valence electrons. The van der Waals surface area contributed by atoms with Gasteiger partial charge in [-0.2, -0.15) is 0 Å². The van der Waals surface area contributed by atoms with E-state index in [-0.39, 0.29) is 18.4 Å². The molecule has 0 fully saturated rings. The van der Waals surface area contributed by atoms with Crippen LogP contribution in [0.1, 0.15) is 24.0 Å². The van der Waals surface area contributed by atoms with Crippen LogP contribution in [-0.4, -0.2) is 32.2 Å². The van der Waals surface area contributed by atoms with Gasteiger partial charge in [0.1, 0.15) is 6.04 Å². The van der Waals surface area contributed by atoms with Crippen LogP contribution in [0.2, 0.25) is 0 Å². The van der Waals surface area contributed by atoms with E-state index in [1.807, 2.05) is 0 Å². The minimum absolute atomic E-state index is 0.171. The summed E-state index contributed by atoms with van der Waals surface area (Å²) in [5.74, 6) is 0.0973. The van der Waals surface area contributed by atoms with Crippen molar-refractivity contribution in [1.29, 1.82) is 0 Å². The quantitative estimate of drug-likeness (QED) is 0.797. The minimum atomic E-state index is -0.597. The Kier molecular flexibility index (Phi) is 5.82. The van der Waals surface area contributed by atoms with Crippen LogP contribution in [0, 0.1) is 6.92 Å². The first-order valence-corrected chi connectivity index (χ1v) is 6.13. The summed E-state index contributed by atoms with van der Waals surface area (Å²) in [5.41, 5.74) is 8.08. The highest BCUT2D eigenvalue weighted by Crippen LogP contribution is 2.14. The van der Waals surface area contributed by atoms with E-state index in [0.717, 1.165) is 0 Å². The molecule has 4 nitrogen and oxygen atoms in total. The van der Waals surface area contributed by atoms with Gasteiger partial charge in [0, 0.05) is 13.7 Å². The van der Waals surface area contributed by atoms with Crippen molar-refractivity contribution in [2.45, 2.75) is 25.8 Å². The number of carbonyl (C=O) groups is 1. The van der Waals surface area contributed by atoms with E-state index < -0.39 is 6.04 Å². The molecule has 0 saturated heterocycles. The van der Waals surface area contributed by atoms with Crippen molar-refractivity contribution in [2.24, 2.45) is 5.73 Å². The van der Waals surface area contributed by atoms with Gasteiger partial charge in [0.25, 0.3) is 0 Å². The summed E-state index contributed by atoms with van der Waals surface area (Å²) in [6.07, 6.45) is 0. The molecule has 0 heterocycles. The number of benzene rings is 1. The lowest BCUT2D eigenvalue weighted by Crippen LogP contribution is -2.44. The zero-order valence-corrected chi connectivity index (χ0v) is 11.3. The zero-order valence-electron chi connectivity index (χ0n) is 11.3. The fraction of sp³-hybridized carbons (Fsp3) is 0.500. The lowest BCUT2D eigenvalue weighted by atomic mass is 10.00. The molecule has 0 bridgehead atoms. The smallest absolute Gasteiger partial charge is 0.239 e. The van der Waals surface area contributed by atoms with E-state index in [1.54, 1.807) is 0 Å². The SMILES string of the molecule is COCC(N)C(=O)NCC(C)c1ccc(C)cc1. The van der Waals surface area contributed by atoms with Gasteiger partial charge >= 0.3 is 0 Å². The fourth-order valence-corrected chi connectivity index (χ4v) is 1.65. The van der Waals surface area contributed by atoms with E-state index in [0.29, 0.717) is 6.54 Å². The lowest BCUT2D eigenvalue weighted by molar-refractivity contribution is -0.123. The lowest BCUT2D eigenvalue weighted by Gasteiger charge is -2.16. The van der Waals surface area contributed by atoms with Gasteiger partial charge in [0.15, 0.2) is 0 Å². The minimum Gasteiger partial charge on any atom is -0.383 e. The Morgan fingerprint density at radius 3 is 2.56 bits per heavy atom. The molecule has 2 unspecified atom stereocenters. The highest BCUT2D eigenvalue weighted by Gasteiger charge is 2.14. The van der Waals surface area contributed by atoms with Crippen LogP contribution in [0.5, 0.6) is 0 Å². The molecule has 1 aromatic carbocycles. The first-order chi connectivity index (χ1) is 8.54. The van der Waals surface area contributed by atoms with Gasteiger partial charge in [-0.15, -0.1) is 0 Å². The van der Waals surface area contributed by atoms with E-state index in [4.69, 9.17) is 10.5 Å². The third kappa shape index (κ3) is 4.47. The molecule has 4 heteroatoms. The number of amides is 1. The second-order valence-corrected chi connectivity index (χ2v) is 4.62. The molecular formula is C14H22N2O2. The predicted octanol–water partition coefficient (Wildman–Crippen LogP) is 1.19. The summed E-state index contributed by atoms with van der Waals surface area (Å²) in [5, 5.41) is 2.84. The van der Waals surface area contributed by atoms with E-state index >= 15 is 0 Å². The van der Waals surface area contributed by atoms with E-state index in [2.05, 4.69) is 43.4 Å². The number of hydrogen-bond donors (Lipinski definition) is 2. The van der Waals surface area contributed by atoms with Crippen LogP contribution in [0.15, 0.2) is 24.3 Å². The number of methoxy groups -OCH3 is 1. The summed E-state index contributed by atoms with van der Waals surface area (Å²) in [4.78, 5) is 11.6. The first-order valence-electron chi connectivity index (χ1n) is 6.13. The zero-order chi connectivity index (χ0) is 13.5. The number of hydrogen-bond acceptors (Lipinski definition) is 3. The van der Waals surface area contributed by atoms with Crippen LogP contribution >= 0.6 is 0 Å². The Hall–Kier alpha value is -1.39. The summed E-state index contributed by atoms with van der Waals surface area (Å²) in [6, 6.07) is 7.72. The van der Waals surface area contributed by atoms with Crippen molar-refractivity contribution in [1.82, 2.24) is 5.32 Å². The molecule has 0 aromatic heterocycles. The molecule has 3 N–H and O–H groups in total. The highest BCUT2D eigenvalue weighted by atomic mass is 16.5. The molecule has 0 aliphatic heterocycles. The molecular weight excluding hydrogens is 228 g/mol. The van der Waals surface area contributed by atoms with Crippen LogP contribution in [0.3, 0.4) is 0 Å². The highest BCUT2D eigenvalue weighted by molar-refractivity contribution is 5.81. The van der Waals surface area contributed by atoms with E-state index in [9.17, 15) is 4.79 Å². The largest absolute Gasteiger partial charge is 0.383 e. The predicted molar refractivity (Wildman–Crippen MR) is 72.5 cm³/mol. The molecule has 0 aliphatic rings. The number of ether oxygens (including phenoxy) is 1. The molecule has 18 heavy (non-hydrogen) atoms. The maximum atomic E-state index is 11.6. The maximum absolute atomic E-state index is 11.6. The van der Waals surface area contributed by atoms with Gasteiger partial charge in [-0.1, -0.05) is 36.8 Å². The fourth-order valence-electron chi connectivity index (χ4n) is 1.65. The molecule has 0 aliphatic carbocycles. The van der Waals surface area contributed by atoms with Gasteiger partial charge in [-0.25, -0.2) is 0 Å². The average molecular weight is 250 g/mol. The van der Waals surface area contributed by atoms with Crippen molar-refractivity contribution in [3.63, 3.8) is 0 Å². The first kappa shape index (κ1) is 14.7. The van der Waals surface area contributed by atoms with Gasteiger partial charge in [0.05, 0.1) is 6.61 Å². The van der Waals surface area contributed by atoms with Crippen molar-refractivity contribution >= 4 is 5.91 Å². The molecule has 2 atom stereocenters. The molecule has 1 aromatic rings. The summed E-state index contributed by atoms with van der Waals surface area (Å²) >= 11 is 0. The number of nitrogens with two attached hydrogens (primary N) is 1. The van der Waals surface area contributed by atoms with Crippen molar-refractivity contribution < 1.29 is 9.53 Å². The van der Waals surface area contributed by atoms with Crippen LogP contribution in [0.25, 0.3) is 0 Å². The average Bonchev–Trinajstić information content (AvgIpc) is 2.36. The number of aryl methyl sites for hydroxylation is 1. The third-order valence-corrected chi connectivity index (χ3v) is 2.91. The maximum Gasteiger partial charge on any atom is 0.239 e. The number of rotatable bonds is 6. The Labute approximate surface area is 109 Å². The van der Waals surface area contributed by atoms with E-state index in [1.165, 1.54) is 18.2 Å². The Balaban J connectivity index is 2.43. The summed E-state index contributed by atoms with van der Waals surface area (Å²) < 4.78 is 4.84. The topological polar surface area (TPSA) is 64.3 Å². The number of nitrogens with one attached hydrogen (secondary N) is 1. The van der Waals surface area contributed by atoms with Crippen molar-refractivity contribution in [2.75, 3.05) is 20.3 Å². The third-order valence-electron chi connectivity index (χ3n) is 2.91.